The molecule has 2 heterocycles. The monoisotopic (exact) mass is 289 g/mol. The molecule has 1 aromatic heterocycles. The second-order valence-electron chi connectivity index (χ2n) is 4.19. The summed E-state index contributed by atoms with van der Waals surface area (Å²) in [6.07, 6.45) is 2.39. The molecule has 1 aromatic rings. The van der Waals surface area contributed by atoms with E-state index in [1.165, 1.54) is 0 Å². The standard InChI is InChI=1S/C10H15N3O3S2/c1-2-3-7-18(15,16)10-12-11-8(17-10)9(14)13-5-4-6-13/h2-7H2,1H3. The predicted octanol–water partition coefficient (Wildman–Crippen LogP) is 0.958. The van der Waals surface area contributed by atoms with Gasteiger partial charge in [0.2, 0.25) is 19.2 Å². The van der Waals surface area contributed by atoms with Crippen LogP contribution < -0.4 is 0 Å². The molecule has 1 amide bonds. The van der Waals surface area contributed by atoms with Crippen molar-refractivity contribution in [3.05, 3.63) is 5.01 Å². The molecule has 18 heavy (non-hydrogen) atoms. The minimum absolute atomic E-state index is 0.0418. The first-order chi connectivity index (χ1) is 8.54. The highest BCUT2D eigenvalue weighted by Crippen LogP contribution is 2.21. The van der Waals surface area contributed by atoms with E-state index in [0.29, 0.717) is 6.42 Å². The Hall–Kier alpha value is -1.02. The SMILES string of the molecule is CCCCS(=O)(=O)c1nnc(C(=O)N2CCC2)s1. The normalized spacial score (nSPS) is 15.5. The fourth-order valence-corrected chi connectivity index (χ4v) is 4.05. The fraction of sp³-hybridized carbons (Fsp3) is 0.700. The summed E-state index contributed by atoms with van der Waals surface area (Å²) in [7, 11) is -3.38. The van der Waals surface area contributed by atoms with Gasteiger partial charge in [0, 0.05) is 13.1 Å². The molecular weight excluding hydrogens is 274 g/mol. The molecule has 1 aliphatic rings. The van der Waals surface area contributed by atoms with Crippen LogP contribution >= 0.6 is 11.3 Å². The molecule has 0 aliphatic carbocycles. The van der Waals surface area contributed by atoms with Gasteiger partial charge in [-0.1, -0.05) is 24.7 Å². The van der Waals surface area contributed by atoms with E-state index < -0.39 is 9.84 Å². The van der Waals surface area contributed by atoms with Crippen molar-refractivity contribution in [1.29, 1.82) is 0 Å². The molecule has 1 saturated heterocycles. The van der Waals surface area contributed by atoms with Gasteiger partial charge in [-0.25, -0.2) is 8.42 Å². The quantitative estimate of drug-likeness (QED) is 0.806. The minimum atomic E-state index is -3.38. The van der Waals surface area contributed by atoms with Crippen molar-refractivity contribution in [2.24, 2.45) is 0 Å². The van der Waals surface area contributed by atoms with E-state index in [9.17, 15) is 13.2 Å². The zero-order valence-electron chi connectivity index (χ0n) is 10.1. The Morgan fingerprint density at radius 3 is 2.67 bits per heavy atom. The van der Waals surface area contributed by atoms with Gasteiger partial charge in [0.25, 0.3) is 5.91 Å². The topological polar surface area (TPSA) is 80.2 Å². The number of aromatic nitrogens is 2. The minimum Gasteiger partial charge on any atom is -0.336 e. The van der Waals surface area contributed by atoms with Gasteiger partial charge in [0.05, 0.1) is 5.75 Å². The number of rotatable bonds is 5. The fourth-order valence-electron chi connectivity index (χ4n) is 1.50. The molecule has 0 spiro atoms. The van der Waals surface area contributed by atoms with E-state index in [0.717, 1.165) is 37.3 Å². The Bertz CT molecular complexity index is 534. The van der Waals surface area contributed by atoms with E-state index in [4.69, 9.17) is 0 Å². The van der Waals surface area contributed by atoms with Crippen LogP contribution in [0.25, 0.3) is 0 Å². The highest BCUT2D eigenvalue weighted by atomic mass is 32.2. The molecule has 0 saturated carbocycles. The smallest absolute Gasteiger partial charge is 0.284 e. The van der Waals surface area contributed by atoms with Gasteiger partial charge in [-0.2, -0.15) is 0 Å². The van der Waals surface area contributed by atoms with Crippen molar-refractivity contribution in [3.8, 4) is 0 Å². The maximum Gasteiger partial charge on any atom is 0.284 e. The van der Waals surface area contributed by atoms with Crippen molar-refractivity contribution in [1.82, 2.24) is 15.1 Å². The van der Waals surface area contributed by atoms with Gasteiger partial charge in [-0.15, -0.1) is 10.2 Å². The van der Waals surface area contributed by atoms with Crippen molar-refractivity contribution < 1.29 is 13.2 Å². The number of sulfone groups is 1. The van der Waals surface area contributed by atoms with E-state index in [1.54, 1.807) is 4.90 Å². The van der Waals surface area contributed by atoms with Crippen molar-refractivity contribution >= 4 is 27.1 Å². The Labute approximate surface area is 110 Å². The van der Waals surface area contributed by atoms with Crippen LogP contribution in [0.4, 0.5) is 0 Å². The molecule has 0 bridgehead atoms. The molecule has 6 nitrogen and oxygen atoms in total. The molecule has 100 valence electrons. The first kappa shape index (κ1) is 13.4. The molecule has 1 aliphatic heterocycles. The van der Waals surface area contributed by atoms with Crippen LogP contribution in [0.5, 0.6) is 0 Å². The Morgan fingerprint density at radius 2 is 2.11 bits per heavy atom. The Balaban J connectivity index is 2.12. The lowest BCUT2D eigenvalue weighted by molar-refractivity contribution is 0.0650. The largest absolute Gasteiger partial charge is 0.336 e. The van der Waals surface area contributed by atoms with E-state index in [2.05, 4.69) is 10.2 Å². The highest BCUT2D eigenvalue weighted by Gasteiger charge is 2.27. The van der Waals surface area contributed by atoms with Gasteiger partial charge in [-0.05, 0) is 12.8 Å². The van der Waals surface area contributed by atoms with Crippen LogP contribution in [0.1, 0.15) is 36.0 Å². The van der Waals surface area contributed by atoms with Crippen LogP contribution in [-0.4, -0.2) is 48.3 Å². The summed E-state index contributed by atoms with van der Waals surface area (Å²) in [4.78, 5) is 13.5. The average Bonchev–Trinajstić information content (AvgIpc) is 2.73. The lowest BCUT2D eigenvalue weighted by atomic mass is 10.2. The number of likely N-dealkylation sites (tertiary alicyclic amines) is 1. The van der Waals surface area contributed by atoms with Crippen LogP contribution in [-0.2, 0) is 9.84 Å². The van der Waals surface area contributed by atoms with E-state index >= 15 is 0 Å². The van der Waals surface area contributed by atoms with Crippen LogP contribution in [0.2, 0.25) is 0 Å². The van der Waals surface area contributed by atoms with E-state index in [1.807, 2.05) is 6.92 Å². The van der Waals surface area contributed by atoms with Gasteiger partial charge >= 0.3 is 0 Å². The second-order valence-corrected chi connectivity index (χ2v) is 7.45. The molecule has 1 fully saturated rings. The third-order valence-electron chi connectivity index (χ3n) is 2.77. The van der Waals surface area contributed by atoms with Gasteiger partial charge in [-0.3, -0.25) is 4.79 Å². The second kappa shape index (κ2) is 5.31. The lowest BCUT2D eigenvalue weighted by Crippen LogP contribution is -2.41. The lowest BCUT2D eigenvalue weighted by Gasteiger charge is -2.29. The van der Waals surface area contributed by atoms with Gasteiger partial charge in [0.1, 0.15) is 0 Å². The zero-order valence-corrected chi connectivity index (χ0v) is 11.8. The van der Waals surface area contributed by atoms with Crippen molar-refractivity contribution in [2.45, 2.75) is 30.5 Å². The van der Waals surface area contributed by atoms with Crippen molar-refractivity contribution in [2.75, 3.05) is 18.8 Å². The number of carbonyl (C=O) groups excluding carboxylic acids is 1. The van der Waals surface area contributed by atoms with Crippen molar-refractivity contribution in [3.63, 3.8) is 0 Å². The maximum atomic E-state index is 11.9. The molecule has 2 rings (SSSR count). The number of hydrogen-bond acceptors (Lipinski definition) is 6. The Kier molecular flexibility index (Phi) is 3.96. The van der Waals surface area contributed by atoms with Crippen LogP contribution in [0, 0.1) is 0 Å². The molecular formula is C10H15N3O3S2. The number of carbonyl (C=O) groups is 1. The summed E-state index contributed by atoms with van der Waals surface area (Å²) in [6, 6.07) is 0. The first-order valence-electron chi connectivity index (χ1n) is 5.90. The number of unbranched alkanes of at least 4 members (excludes halogenated alkanes) is 1. The third-order valence-corrected chi connectivity index (χ3v) is 5.92. The van der Waals surface area contributed by atoms with Crippen LogP contribution in [0.15, 0.2) is 4.34 Å². The molecule has 0 atom stereocenters. The maximum absolute atomic E-state index is 11.9. The van der Waals surface area contributed by atoms with E-state index in [-0.39, 0.29) is 21.0 Å². The first-order valence-corrected chi connectivity index (χ1v) is 8.37. The molecule has 0 unspecified atom stereocenters. The molecule has 0 aromatic carbocycles. The number of hydrogen-bond donors (Lipinski definition) is 0. The third kappa shape index (κ3) is 2.69. The summed E-state index contributed by atoms with van der Waals surface area (Å²) >= 11 is 0.875. The van der Waals surface area contributed by atoms with Gasteiger partial charge < -0.3 is 4.90 Å². The average molecular weight is 289 g/mol. The number of amides is 1. The summed E-state index contributed by atoms with van der Waals surface area (Å²) < 4.78 is 23.7. The molecule has 0 radical (unpaired) electrons. The summed E-state index contributed by atoms with van der Waals surface area (Å²) in [5.41, 5.74) is 0. The summed E-state index contributed by atoms with van der Waals surface area (Å²) in [6.45, 7) is 3.36. The highest BCUT2D eigenvalue weighted by molar-refractivity contribution is 7.93. The Morgan fingerprint density at radius 1 is 1.39 bits per heavy atom. The zero-order chi connectivity index (χ0) is 13.2. The van der Waals surface area contributed by atoms with Crippen LogP contribution in [0.3, 0.4) is 0 Å². The summed E-state index contributed by atoms with van der Waals surface area (Å²) in [5.74, 6) is -0.147. The molecule has 8 heteroatoms. The number of nitrogens with zero attached hydrogens (tertiary/aromatic N) is 3. The molecule has 0 N–H and O–H groups in total. The van der Waals surface area contributed by atoms with Gasteiger partial charge in [0.15, 0.2) is 0 Å². The predicted molar refractivity (Wildman–Crippen MR) is 67.4 cm³/mol. The summed E-state index contributed by atoms with van der Waals surface area (Å²) in [5, 5.41) is 7.50.